The van der Waals surface area contributed by atoms with E-state index in [-0.39, 0.29) is 23.0 Å². The van der Waals surface area contributed by atoms with E-state index in [0.717, 1.165) is 41.8 Å². The average Bonchev–Trinajstić information content (AvgIpc) is 3.24. The Morgan fingerprint density at radius 3 is 2.63 bits per heavy atom. The fourth-order valence-electron chi connectivity index (χ4n) is 4.23. The van der Waals surface area contributed by atoms with Crippen molar-refractivity contribution in [2.45, 2.75) is 37.8 Å². The normalized spacial score (nSPS) is 13.0. The lowest BCUT2D eigenvalue weighted by Gasteiger charge is -2.14. The predicted octanol–water partition coefficient (Wildman–Crippen LogP) is 5.59. The Hall–Kier alpha value is -3.17. The van der Waals surface area contributed by atoms with Crippen LogP contribution in [-0.4, -0.2) is 27.8 Å². The minimum atomic E-state index is -0.368. The van der Waals surface area contributed by atoms with E-state index in [2.05, 4.69) is 5.32 Å². The minimum absolute atomic E-state index is 0.0530. The van der Waals surface area contributed by atoms with Gasteiger partial charge in [-0.05, 0) is 86.7 Å². The van der Waals surface area contributed by atoms with Crippen LogP contribution in [0.4, 0.5) is 10.1 Å². The number of nitrogens with one attached hydrogen (secondary N) is 1. The van der Waals surface area contributed by atoms with Gasteiger partial charge in [-0.25, -0.2) is 9.37 Å². The molecule has 0 radical (unpaired) electrons. The van der Waals surface area contributed by atoms with E-state index in [1.165, 1.54) is 40.9 Å². The molecule has 1 N–H and O–H groups in total. The number of hydrogen-bond donors (Lipinski definition) is 1. The van der Waals surface area contributed by atoms with Crippen LogP contribution >= 0.6 is 23.1 Å². The van der Waals surface area contributed by atoms with Gasteiger partial charge in [-0.1, -0.05) is 11.8 Å². The molecule has 35 heavy (non-hydrogen) atoms. The highest BCUT2D eigenvalue weighted by Crippen LogP contribution is 2.35. The molecule has 0 atom stereocenters. The zero-order valence-corrected chi connectivity index (χ0v) is 20.8. The monoisotopic (exact) mass is 509 g/mol. The first-order valence-corrected chi connectivity index (χ1v) is 13.3. The maximum Gasteiger partial charge on any atom is 0.267 e. The molecule has 0 bridgehead atoms. The Morgan fingerprint density at radius 2 is 1.89 bits per heavy atom. The van der Waals surface area contributed by atoms with Gasteiger partial charge in [0.15, 0.2) is 5.16 Å². The first kappa shape index (κ1) is 23.6. The van der Waals surface area contributed by atoms with Crippen LogP contribution in [0.2, 0.25) is 0 Å². The molecule has 180 valence electrons. The van der Waals surface area contributed by atoms with Crippen molar-refractivity contribution in [1.29, 1.82) is 0 Å². The van der Waals surface area contributed by atoms with E-state index in [9.17, 15) is 14.0 Å². The molecule has 0 saturated carbocycles. The molecular formula is C26H24FN3O3S2. The number of thioether (sulfide) groups is 1. The van der Waals surface area contributed by atoms with Crippen LogP contribution in [0.1, 0.15) is 30.2 Å². The fourth-order valence-corrected chi connectivity index (χ4v) is 6.34. The van der Waals surface area contributed by atoms with Gasteiger partial charge in [-0.3, -0.25) is 14.2 Å². The van der Waals surface area contributed by atoms with E-state index in [1.807, 2.05) is 31.2 Å². The van der Waals surface area contributed by atoms with Crippen LogP contribution in [0, 0.1) is 5.82 Å². The number of fused-ring (bicyclic) bond motifs is 3. The number of rotatable bonds is 7. The molecule has 4 aromatic rings. The second-order valence-electron chi connectivity index (χ2n) is 8.20. The summed E-state index contributed by atoms with van der Waals surface area (Å²) < 4.78 is 20.3. The van der Waals surface area contributed by atoms with Gasteiger partial charge in [0.2, 0.25) is 5.91 Å². The van der Waals surface area contributed by atoms with Gasteiger partial charge in [0.1, 0.15) is 16.4 Å². The lowest BCUT2D eigenvalue weighted by molar-refractivity contribution is -0.113. The van der Waals surface area contributed by atoms with Crippen molar-refractivity contribution in [1.82, 2.24) is 9.55 Å². The number of ether oxygens (including phenoxy) is 1. The third-order valence-corrected chi connectivity index (χ3v) is 7.95. The second kappa shape index (κ2) is 10.2. The number of benzene rings is 2. The number of aromatic nitrogens is 2. The highest BCUT2D eigenvalue weighted by atomic mass is 32.2. The minimum Gasteiger partial charge on any atom is -0.494 e. The molecule has 1 amide bonds. The van der Waals surface area contributed by atoms with Gasteiger partial charge in [0.05, 0.1) is 23.4 Å². The summed E-state index contributed by atoms with van der Waals surface area (Å²) in [7, 11) is 0. The number of anilines is 1. The smallest absolute Gasteiger partial charge is 0.267 e. The molecule has 1 aliphatic carbocycles. The topological polar surface area (TPSA) is 73.2 Å². The fraction of sp³-hybridized carbons (Fsp3) is 0.269. The maximum absolute atomic E-state index is 13.8. The Balaban J connectivity index is 1.50. The largest absolute Gasteiger partial charge is 0.494 e. The van der Waals surface area contributed by atoms with Crippen molar-refractivity contribution in [3.63, 3.8) is 0 Å². The molecule has 2 aromatic heterocycles. The van der Waals surface area contributed by atoms with Gasteiger partial charge < -0.3 is 10.1 Å². The Kier molecular flexibility index (Phi) is 6.88. The van der Waals surface area contributed by atoms with Gasteiger partial charge in [0, 0.05) is 10.6 Å². The maximum atomic E-state index is 13.8. The third-order valence-electron chi connectivity index (χ3n) is 5.82. The summed E-state index contributed by atoms with van der Waals surface area (Å²) >= 11 is 2.79. The van der Waals surface area contributed by atoms with Crippen LogP contribution in [0.25, 0.3) is 15.9 Å². The summed E-state index contributed by atoms with van der Waals surface area (Å²) in [6.07, 6.45) is 4.06. The summed E-state index contributed by atoms with van der Waals surface area (Å²) in [4.78, 5) is 33.2. The highest BCUT2D eigenvalue weighted by molar-refractivity contribution is 7.99. The first-order valence-electron chi connectivity index (χ1n) is 11.5. The molecule has 1 aliphatic rings. The van der Waals surface area contributed by atoms with E-state index >= 15 is 0 Å². The summed E-state index contributed by atoms with van der Waals surface area (Å²) in [5, 5.41) is 3.91. The quantitative estimate of drug-likeness (QED) is 0.260. The Morgan fingerprint density at radius 1 is 1.14 bits per heavy atom. The van der Waals surface area contributed by atoms with Crippen LogP contribution in [0.15, 0.2) is 58.5 Å². The van der Waals surface area contributed by atoms with Crippen molar-refractivity contribution in [3.05, 3.63) is 75.1 Å². The molecule has 0 saturated heterocycles. The van der Waals surface area contributed by atoms with Gasteiger partial charge in [-0.2, -0.15) is 0 Å². The van der Waals surface area contributed by atoms with Gasteiger partial charge in [-0.15, -0.1) is 11.3 Å². The van der Waals surface area contributed by atoms with Crippen molar-refractivity contribution in [3.8, 4) is 11.4 Å². The van der Waals surface area contributed by atoms with Crippen LogP contribution in [-0.2, 0) is 17.6 Å². The number of halogens is 1. The van der Waals surface area contributed by atoms with E-state index in [4.69, 9.17) is 9.72 Å². The van der Waals surface area contributed by atoms with E-state index < -0.39 is 0 Å². The molecule has 6 nitrogen and oxygen atoms in total. The molecular weight excluding hydrogens is 485 g/mol. The number of carbonyl (C=O) groups excluding carboxylic acids is 1. The molecule has 2 aromatic carbocycles. The molecule has 0 unspecified atom stereocenters. The van der Waals surface area contributed by atoms with Crippen molar-refractivity contribution < 1.29 is 13.9 Å². The molecule has 0 fully saturated rings. The van der Waals surface area contributed by atoms with Crippen LogP contribution < -0.4 is 15.6 Å². The standard InChI is InChI=1S/C26H24FN3O3S2/c1-2-33-19-13-11-18(12-14-19)30-25(32)23-20-5-3-4-6-21(20)35-24(23)29-26(30)34-15-22(31)28-17-9-7-16(27)8-10-17/h7-14H,2-6,15H2,1H3,(H,28,31). The van der Waals surface area contributed by atoms with Gasteiger partial charge >= 0.3 is 0 Å². The average molecular weight is 510 g/mol. The molecule has 2 heterocycles. The van der Waals surface area contributed by atoms with Crippen molar-refractivity contribution >= 4 is 44.9 Å². The summed E-state index contributed by atoms with van der Waals surface area (Å²) in [6, 6.07) is 12.9. The highest BCUT2D eigenvalue weighted by Gasteiger charge is 2.23. The summed E-state index contributed by atoms with van der Waals surface area (Å²) in [6.45, 7) is 2.47. The molecule has 9 heteroatoms. The number of hydrogen-bond acceptors (Lipinski definition) is 6. The van der Waals surface area contributed by atoms with Crippen LogP contribution in [0.3, 0.4) is 0 Å². The Labute approximate surface area is 210 Å². The second-order valence-corrected chi connectivity index (χ2v) is 10.2. The van der Waals surface area contributed by atoms with Gasteiger partial charge in [0.25, 0.3) is 5.56 Å². The number of aryl methyl sites for hydroxylation is 2. The number of carbonyl (C=O) groups is 1. The van der Waals surface area contributed by atoms with Crippen molar-refractivity contribution in [2.75, 3.05) is 17.7 Å². The lowest BCUT2D eigenvalue weighted by Crippen LogP contribution is -2.23. The molecule has 0 aliphatic heterocycles. The summed E-state index contributed by atoms with van der Waals surface area (Å²) in [5.74, 6) is 0.143. The lowest BCUT2D eigenvalue weighted by atomic mass is 9.97. The predicted molar refractivity (Wildman–Crippen MR) is 139 cm³/mol. The van der Waals surface area contributed by atoms with Crippen molar-refractivity contribution in [2.24, 2.45) is 0 Å². The number of thiophene rings is 1. The Bertz CT molecular complexity index is 1430. The number of nitrogens with zero attached hydrogens (tertiary/aromatic N) is 2. The van der Waals surface area contributed by atoms with Crippen LogP contribution in [0.5, 0.6) is 5.75 Å². The number of amides is 1. The zero-order valence-electron chi connectivity index (χ0n) is 19.2. The SMILES string of the molecule is CCOc1ccc(-n2c(SCC(=O)Nc3ccc(F)cc3)nc3sc4c(c3c2=O)CCCC4)cc1. The van der Waals surface area contributed by atoms with E-state index in [0.29, 0.717) is 28.5 Å². The zero-order chi connectivity index (χ0) is 24.4. The molecule has 0 spiro atoms. The molecule has 5 rings (SSSR count). The first-order chi connectivity index (χ1) is 17.0. The van der Waals surface area contributed by atoms with E-state index in [1.54, 1.807) is 15.9 Å². The summed E-state index contributed by atoms with van der Waals surface area (Å²) in [5.41, 5.74) is 2.19. The third kappa shape index (κ3) is 4.97.